The molecule has 1 N–H and O–H groups in total. The Morgan fingerprint density at radius 1 is 1.33 bits per heavy atom. The van der Waals surface area contributed by atoms with Crippen LogP contribution in [-0.2, 0) is 13.0 Å². The fraction of sp³-hybridized carbons (Fsp3) is 0.583. The van der Waals surface area contributed by atoms with E-state index in [0.29, 0.717) is 18.8 Å². The number of rotatable bonds is 5. The molecule has 0 aliphatic carbocycles. The Morgan fingerprint density at radius 2 is 2.00 bits per heavy atom. The third-order valence-corrected chi connectivity index (χ3v) is 2.48. The van der Waals surface area contributed by atoms with Crippen LogP contribution in [-0.4, -0.2) is 31.8 Å². The van der Waals surface area contributed by atoms with Crippen LogP contribution in [0, 0.1) is 0 Å². The Hall–Kier alpha value is -1.30. The van der Waals surface area contributed by atoms with Gasteiger partial charge in [0.1, 0.15) is 12.4 Å². The van der Waals surface area contributed by atoms with Gasteiger partial charge in [-0.15, -0.1) is 0 Å². The Labute approximate surface area is 105 Å². The molecule has 0 aliphatic heterocycles. The van der Waals surface area contributed by atoms with E-state index in [0.717, 1.165) is 16.2 Å². The van der Waals surface area contributed by atoms with E-state index in [4.69, 9.17) is 0 Å². The normalized spacial score (nSPS) is 11.7. The molecule has 0 radical (unpaired) electrons. The van der Waals surface area contributed by atoms with Crippen molar-refractivity contribution in [1.82, 2.24) is 10.3 Å². The lowest BCUT2D eigenvalue weighted by Crippen LogP contribution is -2.31. The average molecular weight is 261 g/mol. The third-order valence-electron chi connectivity index (χ3n) is 2.48. The number of alkyl halides is 3. The predicted molar refractivity (Wildman–Crippen MR) is 65.7 cm³/mol. The van der Waals surface area contributed by atoms with Gasteiger partial charge in [-0.1, -0.05) is 6.92 Å². The number of anilines is 1. The molecule has 0 fully saturated rings. The van der Waals surface area contributed by atoms with Crippen LogP contribution in [0.4, 0.5) is 19.0 Å². The summed E-state index contributed by atoms with van der Waals surface area (Å²) in [7, 11) is 3.20. The quantitative estimate of drug-likeness (QED) is 0.882. The van der Waals surface area contributed by atoms with Gasteiger partial charge in [0.15, 0.2) is 0 Å². The van der Waals surface area contributed by atoms with E-state index in [2.05, 4.69) is 10.3 Å². The van der Waals surface area contributed by atoms with Crippen molar-refractivity contribution in [2.24, 2.45) is 0 Å². The number of aryl methyl sites for hydroxylation is 1. The van der Waals surface area contributed by atoms with Gasteiger partial charge >= 0.3 is 6.18 Å². The minimum atomic E-state index is -4.22. The first-order chi connectivity index (χ1) is 8.35. The lowest BCUT2D eigenvalue weighted by molar-refractivity contribution is -0.119. The molecule has 0 saturated carbocycles. The van der Waals surface area contributed by atoms with Crippen molar-refractivity contribution in [2.45, 2.75) is 26.1 Å². The van der Waals surface area contributed by atoms with Crippen molar-refractivity contribution in [3.05, 3.63) is 23.4 Å². The van der Waals surface area contributed by atoms with Gasteiger partial charge in [-0.2, -0.15) is 13.2 Å². The van der Waals surface area contributed by atoms with Gasteiger partial charge in [0.05, 0.1) is 0 Å². The van der Waals surface area contributed by atoms with E-state index in [9.17, 15) is 13.2 Å². The zero-order valence-electron chi connectivity index (χ0n) is 10.8. The van der Waals surface area contributed by atoms with Gasteiger partial charge in [0, 0.05) is 19.3 Å². The van der Waals surface area contributed by atoms with Gasteiger partial charge in [-0.05, 0) is 31.2 Å². The fourth-order valence-electron chi connectivity index (χ4n) is 1.67. The largest absolute Gasteiger partial charge is 0.405 e. The first kappa shape index (κ1) is 14.8. The lowest BCUT2D eigenvalue weighted by atomic mass is 10.2. The maximum atomic E-state index is 12.3. The summed E-state index contributed by atoms with van der Waals surface area (Å²) in [6.45, 7) is 1.55. The van der Waals surface area contributed by atoms with Gasteiger partial charge in [0.2, 0.25) is 0 Å². The zero-order chi connectivity index (χ0) is 13.8. The Bertz CT molecular complexity index is 391. The van der Waals surface area contributed by atoms with Crippen LogP contribution in [0.3, 0.4) is 0 Å². The number of hydrogen-bond donors (Lipinski definition) is 1. The molecule has 0 aliphatic rings. The Kier molecular flexibility index (Phi) is 4.95. The van der Waals surface area contributed by atoms with Crippen molar-refractivity contribution in [1.29, 1.82) is 0 Å². The minimum absolute atomic E-state index is 0.358. The second-order valence-corrected chi connectivity index (χ2v) is 4.18. The van der Waals surface area contributed by atoms with E-state index in [1.807, 2.05) is 13.0 Å². The predicted octanol–water partition coefficient (Wildman–Crippen LogP) is 2.36. The highest BCUT2D eigenvalue weighted by atomic mass is 19.4. The smallest absolute Gasteiger partial charge is 0.351 e. The summed E-state index contributed by atoms with van der Waals surface area (Å²) in [6.07, 6.45) is -3.52. The van der Waals surface area contributed by atoms with Crippen molar-refractivity contribution in [2.75, 3.05) is 25.5 Å². The molecule has 1 aromatic rings. The van der Waals surface area contributed by atoms with E-state index in [1.54, 1.807) is 13.1 Å². The molecule has 3 nitrogen and oxygen atoms in total. The molecular weight excluding hydrogens is 243 g/mol. The van der Waals surface area contributed by atoms with Gasteiger partial charge in [0.25, 0.3) is 0 Å². The average Bonchev–Trinajstić information content (AvgIpc) is 2.26. The second kappa shape index (κ2) is 6.04. The third kappa shape index (κ3) is 4.52. The van der Waals surface area contributed by atoms with Crippen molar-refractivity contribution >= 4 is 5.82 Å². The Morgan fingerprint density at radius 3 is 2.50 bits per heavy atom. The number of nitrogens with zero attached hydrogens (tertiary/aromatic N) is 2. The maximum absolute atomic E-state index is 12.3. The summed E-state index contributed by atoms with van der Waals surface area (Å²) in [5.74, 6) is 0.358. The molecule has 1 heterocycles. The number of nitrogens with one attached hydrogen (secondary N) is 1. The lowest BCUT2D eigenvalue weighted by Gasteiger charge is -2.21. The molecule has 0 aromatic carbocycles. The molecule has 0 atom stereocenters. The van der Waals surface area contributed by atoms with Crippen molar-refractivity contribution in [3.8, 4) is 0 Å². The molecule has 0 bridgehead atoms. The topological polar surface area (TPSA) is 28.2 Å². The highest BCUT2D eigenvalue weighted by Crippen LogP contribution is 2.21. The number of aromatic nitrogens is 1. The van der Waals surface area contributed by atoms with Gasteiger partial charge in [-0.3, -0.25) is 0 Å². The molecule has 1 rings (SSSR count). The SMILES string of the molecule is CCc1cc(CNC)cc(N(C)CC(F)(F)F)n1. The van der Waals surface area contributed by atoms with E-state index >= 15 is 0 Å². The second-order valence-electron chi connectivity index (χ2n) is 4.18. The Balaban J connectivity index is 2.96. The molecule has 0 saturated heterocycles. The van der Waals surface area contributed by atoms with Crippen LogP contribution in [0.1, 0.15) is 18.2 Å². The van der Waals surface area contributed by atoms with E-state index < -0.39 is 12.7 Å². The van der Waals surface area contributed by atoms with Gasteiger partial charge < -0.3 is 10.2 Å². The molecule has 1 aromatic heterocycles. The number of pyridine rings is 1. The molecule has 18 heavy (non-hydrogen) atoms. The molecule has 6 heteroatoms. The van der Waals surface area contributed by atoms with Crippen LogP contribution in [0.15, 0.2) is 12.1 Å². The van der Waals surface area contributed by atoms with Crippen LogP contribution < -0.4 is 10.2 Å². The summed E-state index contributed by atoms with van der Waals surface area (Å²) in [4.78, 5) is 5.34. The monoisotopic (exact) mass is 261 g/mol. The standard InChI is InChI=1S/C12H18F3N3/c1-4-10-5-9(7-16-2)6-11(17-10)18(3)8-12(13,14)15/h5-6,16H,4,7-8H2,1-3H3. The molecule has 102 valence electrons. The fourth-order valence-corrected chi connectivity index (χ4v) is 1.67. The van der Waals surface area contributed by atoms with Crippen LogP contribution >= 0.6 is 0 Å². The summed E-state index contributed by atoms with van der Waals surface area (Å²) < 4.78 is 37.0. The summed E-state index contributed by atoms with van der Waals surface area (Å²) >= 11 is 0. The number of halogens is 3. The van der Waals surface area contributed by atoms with Crippen molar-refractivity contribution in [3.63, 3.8) is 0 Å². The maximum Gasteiger partial charge on any atom is 0.405 e. The van der Waals surface area contributed by atoms with E-state index in [-0.39, 0.29) is 0 Å². The molecule has 0 spiro atoms. The van der Waals surface area contributed by atoms with E-state index in [1.165, 1.54) is 7.05 Å². The zero-order valence-corrected chi connectivity index (χ0v) is 10.8. The summed E-state index contributed by atoms with van der Waals surface area (Å²) in [5, 5.41) is 2.98. The molecular formula is C12H18F3N3. The highest BCUT2D eigenvalue weighted by Gasteiger charge is 2.29. The minimum Gasteiger partial charge on any atom is -0.351 e. The van der Waals surface area contributed by atoms with Crippen molar-refractivity contribution < 1.29 is 13.2 Å². The number of hydrogen-bond acceptors (Lipinski definition) is 3. The first-order valence-corrected chi connectivity index (χ1v) is 5.78. The molecule has 0 unspecified atom stereocenters. The van der Waals surface area contributed by atoms with Gasteiger partial charge in [-0.25, -0.2) is 4.98 Å². The van der Waals surface area contributed by atoms with Crippen LogP contribution in [0.25, 0.3) is 0 Å². The van der Waals surface area contributed by atoms with Crippen LogP contribution in [0.2, 0.25) is 0 Å². The summed E-state index contributed by atoms with van der Waals surface area (Å²) in [5.41, 5.74) is 1.74. The van der Waals surface area contributed by atoms with Crippen LogP contribution in [0.5, 0.6) is 0 Å². The highest BCUT2D eigenvalue weighted by molar-refractivity contribution is 5.42. The summed E-state index contributed by atoms with van der Waals surface area (Å²) in [6, 6.07) is 3.59. The first-order valence-electron chi connectivity index (χ1n) is 5.78. The molecule has 0 amide bonds.